The first-order valence-electron chi connectivity index (χ1n) is 9.59. The Bertz CT molecular complexity index is 955. The molecule has 1 aliphatic rings. The molecule has 154 valence electrons. The summed E-state index contributed by atoms with van der Waals surface area (Å²) in [4.78, 5) is 25.8. The molecule has 2 atom stereocenters. The molecule has 1 aliphatic carbocycles. The standard InChI is InChI=1S/C22H24O6S/c1-17(18-10-4-2-5-11-18)28-21(24)22(15-9-8-14-20(22)23)16-27-29(25,26)19-12-6-3-7-13-19/h2-7,10-13,17H,8-9,14-16H2,1H3. The molecular formula is C22H24O6S. The minimum Gasteiger partial charge on any atom is -0.457 e. The summed E-state index contributed by atoms with van der Waals surface area (Å²) < 4.78 is 35.8. The van der Waals surface area contributed by atoms with Crippen LogP contribution in [0.1, 0.15) is 44.3 Å². The zero-order chi connectivity index (χ0) is 20.9. The third-order valence-electron chi connectivity index (χ3n) is 5.23. The first kappa shape index (κ1) is 21.2. The molecule has 1 fully saturated rings. The number of benzene rings is 2. The lowest BCUT2D eigenvalue weighted by molar-refractivity contribution is -0.169. The molecule has 1 saturated carbocycles. The van der Waals surface area contributed by atoms with Gasteiger partial charge in [0.15, 0.2) is 11.2 Å². The summed E-state index contributed by atoms with van der Waals surface area (Å²) in [5.41, 5.74) is -0.819. The van der Waals surface area contributed by atoms with E-state index in [1.807, 2.05) is 30.3 Å². The molecule has 0 saturated heterocycles. The molecule has 0 heterocycles. The average Bonchev–Trinajstić information content (AvgIpc) is 2.74. The number of carbonyl (C=O) groups is 2. The van der Waals surface area contributed by atoms with Gasteiger partial charge in [0.25, 0.3) is 10.1 Å². The second-order valence-electron chi connectivity index (χ2n) is 7.20. The highest BCUT2D eigenvalue weighted by Crippen LogP contribution is 2.37. The van der Waals surface area contributed by atoms with Gasteiger partial charge in [-0.3, -0.25) is 13.8 Å². The fourth-order valence-corrected chi connectivity index (χ4v) is 4.40. The number of ether oxygens (including phenoxy) is 1. The van der Waals surface area contributed by atoms with Crippen molar-refractivity contribution in [2.24, 2.45) is 5.41 Å². The maximum absolute atomic E-state index is 13.0. The molecular weight excluding hydrogens is 392 g/mol. The van der Waals surface area contributed by atoms with Gasteiger partial charge in [-0.15, -0.1) is 0 Å². The second kappa shape index (κ2) is 8.88. The van der Waals surface area contributed by atoms with E-state index in [4.69, 9.17) is 8.92 Å². The van der Waals surface area contributed by atoms with Crippen LogP contribution in [-0.4, -0.2) is 26.8 Å². The molecule has 0 aromatic heterocycles. The van der Waals surface area contributed by atoms with E-state index in [9.17, 15) is 18.0 Å². The van der Waals surface area contributed by atoms with Crippen molar-refractivity contribution in [1.29, 1.82) is 0 Å². The highest BCUT2D eigenvalue weighted by atomic mass is 32.2. The molecule has 2 aromatic carbocycles. The Hall–Kier alpha value is -2.51. The molecule has 7 heteroatoms. The van der Waals surface area contributed by atoms with Gasteiger partial charge in [-0.25, -0.2) is 0 Å². The lowest BCUT2D eigenvalue weighted by atomic mass is 9.73. The molecule has 3 rings (SSSR count). The number of hydrogen-bond donors (Lipinski definition) is 0. The molecule has 0 bridgehead atoms. The summed E-state index contributed by atoms with van der Waals surface area (Å²) >= 11 is 0. The summed E-state index contributed by atoms with van der Waals surface area (Å²) in [5.74, 6) is -1.07. The average molecular weight is 416 g/mol. The Morgan fingerprint density at radius 2 is 1.66 bits per heavy atom. The first-order valence-corrected chi connectivity index (χ1v) is 11.0. The van der Waals surface area contributed by atoms with Crippen LogP contribution in [0.3, 0.4) is 0 Å². The molecule has 0 amide bonds. The second-order valence-corrected chi connectivity index (χ2v) is 8.82. The lowest BCUT2D eigenvalue weighted by Gasteiger charge is -2.33. The monoisotopic (exact) mass is 416 g/mol. The van der Waals surface area contributed by atoms with Crippen LogP contribution < -0.4 is 0 Å². The summed E-state index contributed by atoms with van der Waals surface area (Å²) in [6, 6.07) is 16.8. The number of rotatable bonds is 7. The van der Waals surface area contributed by atoms with Gasteiger partial charge in [0, 0.05) is 6.42 Å². The molecule has 2 unspecified atom stereocenters. The van der Waals surface area contributed by atoms with Crippen LogP contribution in [0.2, 0.25) is 0 Å². The van der Waals surface area contributed by atoms with Crippen molar-refractivity contribution in [2.45, 2.75) is 43.6 Å². The van der Waals surface area contributed by atoms with E-state index in [0.29, 0.717) is 12.8 Å². The third-order valence-corrected chi connectivity index (χ3v) is 6.50. The zero-order valence-electron chi connectivity index (χ0n) is 16.2. The van der Waals surface area contributed by atoms with E-state index in [0.717, 1.165) is 5.56 Å². The topological polar surface area (TPSA) is 86.7 Å². The zero-order valence-corrected chi connectivity index (χ0v) is 17.1. The van der Waals surface area contributed by atoms with Crippen molar-refractivity contribution in [2.75, 3.05) is 6.61 Å². The largest absolute Gasteiger partial charge is 0.457 e. The Labute approximate surface area is 171 Å². The predicted octanol–water partition coefficient (Wildman–Crippen LogP) is 3.83. The van der Waals surface area contributed by atoms with Gasteiger partial charge in [0.05, 0.1) is 11.5 Å². The van der Waals surface area contributed by atoms with Gasteiger partial charge >= 0.3 is 5.97 Å². The third kappa shape index (κ3) is 4.74. The van der Waals surface area contributed by atoms with Crippen molar-refractivity contribution in [1.82, 2.24) is 0 Å². The summed E-state index contributed by atoms with van der Waals surface area (Å²) in [6.45, 7) is 1.17. The summed E-state index contributed by atoms with van der Waals surface area (Å²) in [7, 11) is -4.10. The van der Waals surface area contributed by atoms with Gasteiger partial charge in [0.2, 0.25) is 0 Å². The van der Waals surface area contributed by atoms with Crippen LogP contribution in [0.25, 0.3) is 0 Å². The van der Waals surface area contributed by atoms with Crippen molar-refractivity contribution < 1.29 is 26.9 Å². The first-order chi connectivity index (χ1) is 13.8. The summed E-state index contributed by atoms with van der Waals surface area (Å²) in [5, 5.41) is 0. The van der Waals surface area contributed by atoms with Crippen LogP contribution in [0.15, 0.2) is 65.6 Å². The SMILES string of the molecule is CC(OC(=O)C1(COS(=O)(=O)c2ccccc2)CCCCC1=O)c1ccccc1. The minimum absolute atomic E-state index is 0.0237. The van der Waals surface area contributed by atoms with E-state index in [-0.39, 0.29) is 23.5 Å². The fraction of sp³-hybridized carbons (Fsp3) is 0.364. The number of esters is 1. The molecule has 29 heavy (non-hydrogen) atoms. The fourth-order valence-electron chi connectivity index (χ4n) is 3.42. The van der Waals surface area contributed by atoms with E-state index >= 15 is 0 Å². The summed E-state index contributed by atoms with van der Waals surface area (Å²) in [6.07, 6.45) is 1.11. The van der Waals surface area contributed by atoms with Crippen LogP contribution in [0, 0.1) is 5.41 Å². The van der Waals surface area contributed by atoms with Crippen LogP contribution in [-0.2, 0) is 28.6 Å². The number of ketones is 1. The maximum Gasteiger partial charge on any atom is 0.322 e. The normalized spacial score (nSPS) is 20.8. The van der Waals surface area contributed by atoms with Gasteiger partial charge in [-0.05, 0) is 37.5 Å². The maximum atomic E-state index is 13.0. The van der Waals surface area contributed by atoms with Crippen molar-refractivity contribution in [3.63, 3.8) is 0 Å². The highest BCUT2D eigenvalue weighted by molar-refractivity contribution is 7.86. The van der Waals surface area contributed by atoms with E-state index < -0.39 is 34.2 Å². The van der Waals surface area contributed by atoms with Crippen LogP contribution in [0.5, 0.6) is 0 Å². The van der Waals surface area contributed by atoms with E-state index in [1.165, 1.54) is 12.1 Å². The molecule has 0 N–H and O–H groups in total. The smallest absolute Gasteiger partial charge is 0.322 e. The van der Waals surface area contributed by atoms with Gasteiger partial charge in [-0.2, -0.15) is 8.42 Å². The van der Waals surface area contributed by atoms with Crippen molar-refractivity contribution in [3.8, 4) is 0 Å². The quantitative estimate of drug-likeness (QED) is 0.387. The van der Waals surface area contributed by atoms with Gasteiger partial charge < -0.3 is 4.74 Å². The Morgan fingerprint density at radius 1 is 1.03 bits per heavy atom. The molecule has 6 nitrogen and oxygen atoms in total. The Morgan fingerprint density at radius 3 is 2.28 bits per heavy atom. The number of Topliss-reactive ketones (excluding diaryl/α,β-unsaturated/α-hetero) is 1. The minimum atomic E-state index is -4.10. The molecule has 2 aromatic rings. The van der Waals surface area contributed by atoms with Gasteiger partial charge in [-0.1, -0.05) is 55.0 Å². The molecule has 0 aliphatic heterocycles. The van der Waals surface area contributed by atoms with Crippen LogP contribution in [0.4, 0.5) is 0 Å². The number of hydrogen-bond acceptors (Lipinski definition) is 6. The Balaban J connectivity index is 1.80. The van der Waals surface area contributed by atoms with Crippen molar-refractivity contribution >= 4 is 21.9 Å². The van der Waals surface area contributed by atoms with Crippen molar-refractivity contribution in [3.05, 3.63) is 66.2 Å². The molecule has 0 radical (unpaired) electrons. The van der Waals surface area contributed by atoms with Crippen LogP contribution >= 0.6 is 0 Å². The lowest BCUT2D eigenvalue weighted by Crippen LogP contribution is -2.47. The predicted molar refractivity (Wildman–Crippen MR) is 106 cm³/mol. The van der Waals surface area contributed by atoms with E-state index in [1.54, 1.807) is 25.1 Å². The highest BCUT2D eigenvalue weighted by Gasteiger charge is 2.50. The van der Waals surface area contributed by atoms with E-state index in [2.05, 4.69) is 0 Å². The Kier molecular flexibility index (Phi) is 6.49. The number of carbonyl (C=O) groups excluding carboxylic acids is 2. The van der Waals surface area contributed by atoms with Gasteiger partial charge in [0.1, 0.15) is 6.10 Å². The molecule has 0 spiro atoms.